The molecule has 1 fully saturated rings. The highest BCUT2D eigenvalue weighted by Gasteiger charge is 2.48. The topological polar surface area (TPSA) is 83.6 Å². The standard InChI is InChI=1S/C24H22N2O4/c1-4-16-7-11-17(12-8-16)21-20(22(27)18-9-5-14(2)6-10-18)23(28)24(29)26(21)19-13-15(3)30-25-19/h5-13,21,27H,4H2,1-3H3/t21-/m1/s1. The van der Waals surface area contributed by atoms with Crippen LogP contribution in [0.4, 0.5) is 5.82 Å². The number of rotatable bonds is 4. The Hall–Kier alpha value is -3.67. The van der Waals surface area contributed by atoms with Gasteiger partial charge in [-0.1, -0.05) is 66.2 Å². The summed E-state index contributed by atoms with van der Waals surface area (Å²) in [6, 6.07) is 15.6. The molecule has 6 nitrogen and oxygen atoms in total. The Morgan fingerprint density at radius 3 is 2.30 bits per heavy atom. The molecule has 0 saturated carbocycles. The van der Waals surface area contributed by atoms with Crippen molar-refractivity contribution in [1.29, 1.82) is 0 Å². The molecule has 6 heteroatoms. The lowest BCUT2D eigenvalue weighted by Crippen LogP contribution is -2.29. The Balaban J connectivity index is 1.92. The Labute approximate surface area is 174 Å². The number of Topliss-reactive ketones (excluding diaryl/α,β-unsaturated/α-hetero) is 1. The van der Waals surface area contributed by atoms with Crippen molar-refractivity contribution >= 4 is 23.3 Å². The molecule has 1 aliphatic rings. The van der Waals surface area contributed by atoms with Crippen molar-refractivity contribution in [2.45, 2.75) is 33.2 Å². The molecule has 0 bridgehead atoms. The predicted octanol–water partition coefficient (Wildman–Crippen LogP) is 4.48. The number of carbonyl (C=O) groups excluding carboxylic acids is 2. The molecule has 4 rings (SSSR count). The van der Waals surface area contributed by atoms with Gasteiger partial charge in [-0.25, -0.2) is 0 Å². The summed E-state index contributed by atoms with van der Waals surface area (Å²) in [7, 11) is 0. The van der Waals surface area contributed by atoms with Crippen LogP contribution in [0.1, 0.15) is 41.0 Å². The highest BCUT2D eigenvalue weighted by atomic mass is 16.5. The van der Waals surface area contributed by atoms with E-state index in [0.29, 0.717) is 16.9 Å². The van der Waals surface area contributed by atoms with E-state index >= 15 is 0 Å². The summed E-state index contributed by atoms with van der Waals surface area (Å²) >= 11 is 0. The lowest BCUT2D eigenvalue weighted by molar-refractivity contribution is -0.132. The van der Waals surface area contributed by atoms with E-state index in [1.54, 1.807) is 25.1 Å². The SMILES string of the molecule is CCc1ccc([C@@H]2C(=C(O)c3ccc(C)cc3)C(=O)C(=O)N2c2cc(C)on2)cc1. The van der Waals surface area contributed by atoms with Crippen molar-refractivity contribution in [3.8, 4) is 0 Å². The maximum Gasteiger partial charge on any atom is 0.301 e. The molecule has 2 aromatic carbocycles. The maximum atomic E-state index is 13.0. The van der Waals surface area contributed by atoms with Gasteiger partial charge < -0.3 is 9.63 Å². The molecule has 30 heavy (non-hydrogen) atoms. The van der Waals surface area contributed by atoms with Crippen LogP contribution in [-0.4, -0.2) is 22.0 Å². The molecule has 1 N–H and O–H groups in total. The van der Waals surface area contributed by atoms with Gasteiger partial charge in [-0.2, -0.15) is 0 Å². The molecule has 1 amide bonds. The van der Waals surface area contributed by atoms with Crippen LogP contribution in [-0.2, 0) is 16.0 Å². The number of hydrogen-bond donors (Lipinski definition) is 1. The molecular formula is C24H22N2O4. The molecule has 3 aromatic rings. The molecule has 152 valence electrons. The predicted molar refractivity (Wildman–Crippen MR) is 113 cm³/mol. The van der Waals surface area contributed by atoms with Crippen LogP contribution in [0.3, 0.4) is 0 Å². The zero-order valence-electron chi connectivity index (χ0n) is 17.0. The number of nitrogens with zero attached hydrogens (tertiary/aromatic N) is 2. The van der Waals surface area contributed by atoms with Crippen molar-refractivity contribution < 1.29 is 19.2 Å². The molecule has 0 spiro atoms. The molecule has 0 aliphatic carbocycles. The second-order valence-corrected chi connectivity index (χ2v) is 7.43. The average molecular weight is 402 g/mol. The van der Waals surface area contributed by atoms with Crippen molar-refractivity contribution in [2.75, 3.05) is 4.90 Å². The molecule has 0 radical (unpaired) electrons. The van der Waals surface area contributed by atoms with Crippen LogP contribution in [0.25, 0.3) is 5.76 Å². The van der Waals surface area contributed by atoms with Crippen molar-refractivity contribution in [3.63, 3.8) is 0 Å². The summed E-state index contributed by atoms with van der Waals surface area (Å²) < 4.78 is 5.14. The number of benzene rings is 2. The van der Waals surface area contributed by atoms with Crippen molar-refractivity contribution in [1.82, 2.24) is 5.16 Å². The molecule has 2 heterocycles. The summed E-state index contributed by atoms with van der Waals surface area (Å²) in [6.45, 7) is 5.70. The highest BCUT2D eigenvalue weighted by molar-refractivity contribution is 6.51. The zero-order valence-corrected chi connectivity index (χ0v) is 17.0. The number of aromatic nitrogens is 1. The van der Waals surface area contributed by atoms with E-state index in [9.17, 15) is 14.7 Å². The molecule has 1 aromatic heterocycles. The largest absolute Gasteiger partial charge is 0.507 e. The molecule has 1 atom stereocenters. The summed E-state index contributed by atoms with van der Waals surface area (Å²) in [5, 5.41) is 15.0. The molecule has 0 unspecified atom stereocenters. The first-order chi connectivity index (χ1) is 14.4. The number of ketones is 1. The first kappa shape index (κ1) is 19.6. The Morgan fingerprint density at radius 1 is 1.07 bits per heavy atom. The third-order valence-electron chi connectivity index (χ3n) is 5.34. The third kappa shape index (κ3) is 3.30. The fraction of sp³-hybridized carbons (Fsp3) is 0.208. The molecule has 1 aliphatic heterocycles. The van der Waals surface area contributed by atoms with Gasteiger partial charge in [0.15, 0.2) is 5.82 Å². The highest BCUT2D eigenvalue weighted by Crippen LogP contribution is 2.41. The van der Waals surface area contributed by atoms with Gasteiger partial charge in [0.25, 0.3) is 5.78 Å². The summed E-state index contributed by atoms with van der Waals surface area (Å²) in [4.78, 5) is 27.3. The lowest BCUT2D eigenvalue weighted by atomic mass is 9.94. The fourth-order valence-corrected chi connectivity index (χ4v) is 3.65. The van der Waals surface area contributed by atoms with E-state index in [-0.39, 0.29) is 17.2 Å². The number of aliphatic hydroxyl groups is 1. The summed E-state index contributed by atoms with van der Waals surface area (Å²) in [5.41, 5.74) is 3.38. The number of hydrogen-bond acceptors (Lipinski definition) is 5. The van der Waals surface area contributed by atoms with E-state index in [4.69, 9.17) is 4.52 Å². The first-order valence-corrected chi connectivity index (χ1v) is 9.81. The number of aliphatic hydroxyl groups excluding tert-OH is 1. The van der Waals surface area contributed by atoms with Crippen molar-refractivity contribution in [3.05, 3.63) is 88.2 Å². The van der Waals surface area contributed by atoms with Gasteiger partial charge in [-0.3, -0.25) is 14.5 Å². The van der Waals surface area contributed by atoms with Gasteiger partial charge >= 0.3 is 5.91 Å². The Morgan fingerprint density at radius 2 is 1.73 bits per heavy atom. The summed E-state index contributed by atoms with van der Waals surface area (Å²) in [5.74, 6) is -0.951. The lowest BCUT2D eigenvalue weighted by Gasteiger charge is -2.23. The number of anilines is 1. The van der Waals surface area contributed by atoms with Crippen LogP contribution >= 0.6 is 0 Å². The van der Waals surface area contributed by atoms with Crippen LogP contribution in [0.5, 0.6) is 0 Å². The van der Waals surface area contributed by atoms with Crippen LogP contribution < -0.4 is 4.90 Å². The van der Waals surface area contributed by atoms with Gasteiger partial charge in [0.1, 0.15) is 11.5 Å². The van der Waals surface area contributed by atoms with Gasteiger partial charge in [-0.15, -0.1) is 0 Å². The van der Waals surface area contributed by atoms with Crippen LogP contribution in [0.2, 0.25) is 0 Å². The average Bonchev–Trinajstić information content (AvgIpc) is 3.29. The van der Waals surface area contributed by atoms with E-state index in [2.05, 4.69) is 12.1 Å². The second-order valence-electron chi connectivity index (χ2n) is 7.43. The molecule has 1 saturated heterocycles. The van der Waals surface area contributed by atoms with E-state index in [1.165, 1.54) is 4.90 Å². The van der Waals surface area contributed by atoms with Gasteiger partial charge in [0, 0.05) is 11.6 Å². The smallest absolute Gasteiger partial charge is 0.301 e. The second kappa shape index (κ2) is 7.63. The van der Waals surface area contributed by atoms with Crippen LogP contribution in [0.15, 0.2) is 64.7 Å². The third-order valence-corrected chi connectivity index (χ3v) is 5.34. The number of amides is 1. The van der Waals surface area contributed by atoms with E-state index < -0.39 is 17.7 Å². The van der Waals surface area contributed by atoms with Crippen LogP contribution in [0, 0.1) is 13.8 Å². The maximum absolute atomic E-state index is 13.0. The Kier molecular flexibility index (Phi) is 4.99. The molecular weight excluding hydrogens is 380 g/mol. The van der Waals surface area contributed by atoms with Gasteiger partial charge in [-0.05, 0) is 31.4 Å². The fourth-order valence-electron chi connectivity index (χ4n) is 3.65. The van der Waals surface area contributed by atoms with Gasteiger partial charge in [0.2, 0.25) is 0 Å². The monoisotopic (exact) mass is 402 g/mol. The quantitative estimate of drug-likeness (QED) is 0.395. The van der Waals surface area contributed by atoms with Crippen molar-refractivity contribution in [2.24, 2.45) is 0 Å². The number of carbonyl (C=O) groups is 2. The minimum absolute atomic E-state index is 0.0359. The zero-order chi connectivity index (χ0) is 21.4. The Bertz CT molecular complexity index is 1140. The minimum atomic E-state index is -0.804. The first-order valence-electron chi connectivity index (χ1n) is 9.81. The minimum Gasteiger partial charge on any atom is -0.507 e. The number of aryl methyl sites for hydroxylation is 3. The normalized spacial score (nSPS) is 18.2. The summed E-state index contributed by atoms with van der Waals surface area (Å²) in [6.07, 6.45) is 0.867. The van der Waals surface area contributed by atoms with E-state index in [0.717, 1.165) is 17.5 Å². The van der Waals surface area contributed by atoms with Gasteiger partial charge in [0.05, 0.1) is 11.6 Å². The van der Waals surface area contributed by atoms with E-state index in [1.807, 2.05) is 43.3 Å².